The second kappa shape index (κ2) is 5.81. The van der Waals surface area contributed by atoms with Crippen LogP contribution in [0, 0.1) is 0 Å². The van der Waals surface area contributed by atoms with Gasteiger partial charge in [-0.25, -0.2) is 8.42 Å². The maximum absolute atomic E-state index is 11.2. The number of ether oxygens (including phenoxy) is 1. The number of hydrogen-bond donors (Lipinski definition) is 1. The van der Waals surface area contributed by atoms with Gasteiger partial charge in [-0.1, -0.05) is 0 Å². The van der Waals surface area contributed by atoms with Crippen LogP contribution >= 0.6 is 26.6 Å². The third-order valence-corrected chi connectivity index (χ3v) is 3.78. The second-order valence-corrected chi connectivity index (χ2v) is 6.48. The van der Waals surface area contributed by atoms with Crippen molar-refractivity contribution >= 4 is 47.3 Å². The standard InChI is InChI=1S/C9H9BrClNO4S/c1-16-5-9(13)12-8-3-2-6(4-7(8)10)17(11,14)15/h2-4H,5H2,1H3,(H,12,13). The van der Waals surface area contributed by atoms with E-state index in [0.717, 1.165) is 0 Å². The lowest BCUT2D eigenvalue weighted by atomic mass is 10.3. The molecule has 1 amide bonds. The zero-order valence-electron chi connectivity index (χ0n) is 8.74. The summed E-state index contributed by atoms with van der Waals surface area (Å²) in [5, 5.41) is 2.54. The van der Waals surface area contributed by atoms with Gasteiger partial charge in [-0.2, -0.15) is 0 Å². The smallest absolute Gasteiger partial charge is 0.261 e. The molecule has 0 atom stereocenters. The maximum Gasteiger partial charge on any atom is 0.261 e. The SMILES string of the molecule is COCC(=O)Nc1ccc(S(=O)(=O)Cl)cc1Br. The molecule has 8 heteroatoms. The Labute approximate surface area is 112 Å². The molecule has 0 aliphatic carbocycles. The van der Waals surface area contributed by atoms with E-state index in [9.17, 15) is 13.2 Å². The van der Waals surface area contributed by atoms with E-state index >= 15 is 0 Å². The Bertz CT molecular complexity index is 532. The summed E-state index contributed by atoms with van der Waals surface area (Å²) in [5.74, 6) is -0.338. The Morgan fingerprint density at radius 2 is 2.18 bits per heavy atom. The molecule has 0 saturated carbocycles. The first kappa shape index (κ1) is 14.4. The number of nitrogens with one attached hydrogen (secondary N) is 1. The van der Waals surface area contributed by atoms with Gasteiger partial charge in [0.25, 0.3) is 9.05 Å². The predicted octanol–water partition coefficient (Wildman–Crippen LogP) is 1.96. The van der Waals surface area contributed by atoms with Crippen molar-refractivity contribution in [3.63, 3.8) is 0 Å². The van der Waals surface area contributed by atoms with Gasteiger partial charge in [0.2, 0.25) is 5.91 Å². The second-order valence-electron chi connectivity index (χ2n) is 3.06. The zero-order chi connectivity index (χ0) is 13.1. The van der Waals surface area contributed by atoms with Gasteiger partial charge in [-0.05, 0) is 34.1 Å². The molecule has 1 rings (SSSR count). The fourth-order valence-electron chi connectivity index (χ4n) is 1.07. The molecule has 1 aromatic rings. The highest BCUT2D eigenvalue weighted by atomic mass is 79.9. The van der Waals surface area contributed by atoms with Gasteiger partial charge < -0.3 is 10.1 Å². The molecule has 1 aromatic carbocycles. The van der Waals surface area contributed by atoms with Crippen molar-refractivity contribution < 1.29 is 17.9 Å². The van der Waals surface area contributed by atoms with E-state index in [0.29, 0.717) is 10.2 Å². The highest BCUT2D eigenvalue weighted by Crippen LogP contribution is 2.27. The topological polar surface area (TPSA) is 72.5 Å². The van der Waals surface area contributed by atoms with E-state index in [2.05, 4.69) is 26.0 Å². The number of carbonyl (C=O) groups excluding carboxylic acids is 1. The molecule has 0 unspecified atom stereocenters. The van der Waals surface area contributed by atoms with E-state index < -0.39 is 9.05 Å². The third-order valence-electron chi connectivity index (χ3n) is 1.77. The van der Waals surface area contributed by atoms with Crippen LogP contribution in [-0.4, -0.2) is 28.0 Å². The largest absolute Gasteiger partial charge is 0.375 e. The van der Waals surface area contributed by atoms with Crippen molar-refractivity contribution in [2.45, 2.75) is 4.90 Å². The average molecular weight is 343 g/mol. The van der Waals surface area contributed by atoms with Crippen LogP contribution in [0.15, 0.2) is 27.6 Å². The molecular formula is C9H9BrClNO4S. The van der Waals surface area contributed by atoms with Crippen molar-refractivity contribution in [2.24, 2.45) is 0 Å². The predicted molar refractivity (Wildman–Crippen MR) is 67.7 cm³/mol. The minimum absolute atomic E-state index is 0.0456. The Morgan fingerprint density at radius 3 is 2.65 bits per heavy atom. The van der Waals surface area contributed by atoms with E-state index in [4.69, 9.17) is 10.7 Å². The lowest BCUT2D eigenvalue weighted by molar-refractivity contribution is -0.119. The molecule has 0 radical (unpaired) electrons. The monoisotopic (exact) mass is 341 g/mol. The van der Waals surface area contributed by atoms with Crippen LogP contribution in [0.25, 0.3) is 0 Å². The number of amides is 1. The summed E-state index contributed by atoms with van der Waals surface area (Å²) in [6, 6.07) is 4.05. The van der Waals surface area contributed by atoms with Crippen LogP contribution < -0.4 is 5.32 Å². The van der Waals surface area contributed by atoms with Gasteiger partial charge in [-0.15, -0.1) is 0 Å². The summed E-state index contributed by atoms with van der Waals surface area (Å²) in [7, 11) is 2.81. The Balaban J connectivity index is 2.95. The Morgan fingerprint density at radius 1 is 1.53 bits per heavy atom. The molecule has 0 bridgehead atoms. The first-order valence-corrected chi connectivity index (χ1v) is 7.48. The number of anilines is 1. The molecule has 0 aliphatic rings. The Kier molecular flexibility index (Phi) is 4.93. The van der Waals surface area contributed by atoms with Crippen molar-refractivity contribution in [3.05, 3.63) is 22.7 Å². The van der Waals surface area contributed by atoms with E-state index in [1.165, 1.54) is 25.3 Å². The quantitative estimate of drug-likeness (QED) is 0.849. The molecule has 0 heterocycles. The fraction of sp³-hybridized carbons (Fsp3) is 0.222. The highest BCUT2D eigenvalue weighted by molar-refractivity contribution is 9.10. The van der Waals surface area contributed by atoms with Crippen LogP contribution in [0.5, 0.6) is 0 Å². The van der Waals surface area contributed by atoms with Crippen LogP contribution in [0.4, 0.5) is 5.69 Å². The van der Waals surface area contributed by atoms with Gasteiger partial charge in [0.05, 0.1) is 10.6 Å². The van der Waals surface area contributed by atoms with Crippen molar-refractivity contribution in [2.75, 3.05) is 19.0 Å². The summed E-state index contributed by atoms with van der Waals surface area (Å²) < 4.78 is 27.2. The molecule has 5 nitrogen and oxygen atoms in total. The third kappa shape index (κ3) is 4.27. The van der Waals surface area contributed by atoms with Gasteiger partial charge in [0.15, 0.2) is 0 Å². The number of rotatable bonds is 4. The summed E-state index contributed by atoms with van der Waals surface area (Å²) in [6.45, 7) is -0.0814. The minimum Gasteiger partial charge on any atom is -0.375 e. The zero-order valence-corrected chi connectivity index (χ0v) is 11.9. The molecule has 0 aromatic heterocycles. The first-order chi connectivity index (χ1) is 7.84. The number of hydrogen-bond acceptors (Lipinski definition) is 4. The van der Waals surface area contributed by atoms with Crippen LogP contribution in [0.1, 0.15) is 0 Å². The molecule has 0 spiro atoms. The summed E-state index contributed by atoms with van der Waals surface area (Å²) in [4.78, 5) is 11.2. The van der Waals surface area contributed by atoms with E-state index in [1.807, 2.05) is 0 Å². The fourth-order valence-corrected chi connectivity index (χ4v) is 2.47. The molecule has 94 valence electrons. The van der Waals surface area contributed by atoms with Gasteiger partial charge in [-0.3, -0.25) is 4.79 Å². The van der Waals surface area contributed by atoms with Crippen molar-refractivity contribution in [3.8, 4) is 0 Å². The number of methoxy groups -OCH3 is 1. The number of benzene rings is 1. The van der Waals surface area contributed by atoms with Crippen molar-refractivity contribution in [1.29, 1.82) is 0 Å². The van der Waals surface area contributed by atoms with Crippen LogP contribution in [0.3, 0.4) is 0 Å². The van der Waals surface area contributed by atoms with Gasteiger partial charge in [0, 0.05) is 22.3 Å². The molecule has 0 aliphatic heterocycles. The molecule has 1 N–H and O–H groups in total. The van der Waals surface area contributed by atoms with E-state index in [-0.39, 0.29) is 17.4 Å². The lowest BCUT2D eigenvalue weighted by Crippen LogP contribution is -2.17. The maximum atomic E-state index is 11.2. The lowest BCUT2D eigenvalue weighted by Gasteiger charge is -2.07. The minimum atomic E-state index is -3.78. The number of halogens is 2. The molecule has 0 fully saturated rings. The van der Waals surface area contributed by atoms with E-state index in [1.54, 1.807) is 0 Å². The summed E-state index contributed by atoms with van der Waals surface area (Å²) in [5.41, 5.74) is 0.441. The van der Waals surface area contributed by atoms with Crippen LogP contribution in [-0.2, 0) is 18.6 Å². The highest BCUT2D eigenvalue weighted by Gasteiger charge is 2.13. The number of carbonyl (C=O) groups is 1. The molecule has 0 saturated heterocycles. The van der Waals surface area contributed by atoms with Crippen LogP contribution in [0.2, 0.25) is 0 Å². The van der Waals surface area contributed by atoms with Crippen molar-refractivity contribution in [1.82, 2.24) is 0 Å². The normalized spacial score (nSPS) is 11.2. The summed E-state index contributed by atoms with van der Waals surface area (Å²) >= 11 is 3.14. The molecule has 17 heavy (non-hydrogen) atoms. The Hall–Kier alpha value is -0.630. The average Bonchev–Trinajstić information content (AvgIpc) is 2.20. The van der Waals surface area contributed by atoms with Gasteiger partial charge in [0.1, 0.15) is 6.61 Å². The summed E-state index contributed by atoms with van der Waals surface area (Å²) in [6.07, 6.45) is 0. The van der Waals surface area contributed by atoms with Gasteiger partial charge >= 0.3 is 0 Å². The first-order valence-electron chi connectivity index (χ1n) is 4.37. The molecular weight excluding hydrogens is 334 g/mol.